The minimum Gasteiger partial charge on any atom is -0.285 e. The number of nitrogens with zero attached hydrogens (tertiary/aromatic N) is 4. The Labute approximate surface area is 114 Å². The van der Waals surface area contributed by atoms with E-state index >= 15 is 0 Å². The number of rotatable bonds is 2. The van der Waals surface area contributed by atoms with Gasteiger partial charge in [0.25, 0.3) is 0 Å². The molecule has 1 aromatic carbocycles. The van der Waals surface area contributed by atoms with Crippen LogP contribution in [-0.4, -0.2) is 24.8 Å². The lowest BCUT2D eigenvalue weighted by molar-refractivity contribution is 0.943. The van der Waals surface area contributed by atoms with Gasteiger partial charge < -0.3 is 0 Å². The van der Waals surface area contributed by atoms with Gasteiger partial charge in [-0.3, -0.25) is 5.10 Å². The lowest BCUT2D eigenvalue weighted by Gasteiger charge is -2.02. The first-order valence-electron chi connectivity index (χ1n) is 6.30. The smallest absolute Gasteiger partial charge is 0.154 e. The van der Waals surface area contributed by atoms with E-state index in [-0.39, 0.29) is 0 Å². The first-order chi connectivity index (χ1) is 9.92. The molecule has 4 aromatic rings. The van der Waals surface area contributed by atoms with E-state index in [1.54, 1.807) is 6.20 Å². The van der Waals surface area contributed by atoms with Crippen molar-refractivity contribution in [2.45, 2.75) is 0 Å². The number of fused-ring (bicyclic) bond motifs is 1. The van der Waals surface area contributed by atoms with Gasteiger partial charge in [0, 0.05) is 23.5 Å². The monoisotopic (exact) mass is 261 g/mol. The zero-order chi connectivity index (χ0) is 13.4. The molecule has 0 aliphatic rings. The lowest BCUT2D eigenvalue weighted by Crippen LogP contribution is -1.92. The zero-order valence-electron chi connectivity index (χ0n) is 10.6. The highest BCUT2D eigenvalue weighted by Crippen LogP contribution is 2.24. The Morgan fingerprint density at radius 3 is 2.55 bits per heavy atom. The van der Waals surface area contributed by atoms with Crippen molar-refractivity contribution in [1.29, 1.82) is 0 Å². The molecule has 0 saturated carbocycles. The molecule has 0 bridgehead atoms. The van der Waals surface area contributed by atoms with Crippen LogP contribution in [0.3, 0.4) is 0 Å². The maximum absolute atomic E-state index is 4.35. The summed E-state index contributed by atoms with van der Waals surface area (Å²) >= 11 is 0. The molecule has 96 valence electrons. The minimum absolute atomic E-state index is 0.849. The summed E-state index contributed by atoms with van der Waals surface area (Å²) < 4.78 is 1.84. The summed E-state index contributed by atoms with van der Waals surface area (Å²) in [5.41, 5.74) is 5.13. The molecule has 0 fully saturated rings. The number of H-pyrrole nitrogens is 1. The van der Waals surface area contributed by atoms with Gasteiger partial charge in [-0.05, 0) is 17.7 Å². The van der Waals surface area contributed by atoms with Crippen LogP contribution in [0.25, 0.3) is 28.0 Å². The number of hydrogen-bond donors (Lipinski definition) is 1. The summed E-state index contributed by atoms with van der Waals surface area (Å²) in [5.74, 6) is 0. The van der Waals surface area contributed by atoms with Crippen molar-refractivity contribution < 1.29 is 0 Å². The van der Waals surface area contributed by atoms with Crippen LogP contribution >= 0.6 is 0 Å². The fraction of sp³-hybridized carbons (Fsp3) is 0. The van der Waals surface area contributed by atoms with Gasteiger partial charge in [0.1, 0.15) is 0 Å². The van der Waals surface area contributed by atoms with Crippen LogP contribution in [0.2, 0.25) is 0 Å². The van der Waals surface area contributed by atoms with E-state index in [1.807, 2.05) is 35.2 Å². The summed E-state index contributed by atoms with van der Waals surface area (Å²) in [5, 5.41) is 11.1. The van der Waals surface area contributed by atoms with Crippen LogP contribution in [-0.2, 0) is 0 Å². The molecule has 0 radical (unpaired) electrons. The number of hydrogen-bond acceptors (Lipinski definition) is 3. The second kappa shape index (κ2) is 4.31. The van der Waals surface area contributed by atoms with E-state index in [1.165, 1.54) is 0 Å². The summed E-state index contributed by atoms with van der Waals surface area (Å²) in [6.07, 6.45) is 7.29. The Balaban J connectivity index is 1.79. The second-order valence-electron chi connectivity index (χ2n) is 4.50. The third-order valence-electron chi connectivity index (χ3n) is 3.29. The maximum atomic E-state index is 4.35. The molecule has 0 spiro atoms. The van der Waals surface area contributed by atoms with Gasteiger partial charge >= 0.3 is 0 Å². The molecular formula is C15H11N5. The maximum Gasteiger partial charge on any atom is 0.154 e. The largest absolute Gasteiger partial charge is 0.285 e. The van der Waals surface area contributed by atoms with Gasteiger partial charge in [-0.2, -0.15) is 10.2 Å². The van der Waals surface area contributed by atoms with Gasteiger partial charge in [0.15, 0.2) is 5.65 Å². The Morgan fingerprint density at radius 1 is 0.900 bits per heavy atom. The molecule has 5 nitrogen and oxygen atoms in total. The highest BCUT2D eigenvalue weighted by atomic mass is 15.2. The summed E-state index contributed by atoms with van der Waals surface area (Å²) in [4.78, 5) is 4.35. The highest BCUT2D eigenvalue weighted by molar-refractivity contribution is 5.69. The van der Waals surface area contributed by atoms with E-state index in [0.29, 0.717) is 0 Å². The number of aromatic nitrogens is 5. The molecule has 0 aliphatic heterocycles. The van der Waals surface area contributed by atoms with Gasteiger partial charge in [-0.1, -0.05) is 24.3 Å². The highest BCUT2D eigenvalue weighted by Gasteiger charge is 2.06. The topological polar surface area (TPSA) is 58.9 Å². The van der Waals surface area contributed by atoms with Crippen molar-refractivity contribution >= 4 is 5.65 Å². The summed E-state index contributed by atoms with van der Waals surface area (Å²) in [7, 11) is 0. The van der Waals surface area contributed by atoms with Crippen LogP contribution in [0.4, 0.5) is 0 Å². The molecule has 1 N–H and O–H groups in total. The molecule has 0 aliphatic carbocycles. The molecule has 0 saturated heterocycles. The van der Waals surface area contributed by atoms with Crippen molar-refractivity contribution in [3.8, 4) is 22.4 Å². The van der Waals surface area contributed by atoms with Gasteiger partial charge in [0.05, 0.1) is 18.1 Å². The minimum atomic E-state index is 0.849. The Hall–Kier alpha value is -2.95. The Kier molecular flexibility index (Phi) is 2.35. The van der Waals surface area contributed by atoms with Crippen molar-refractivity contribution in [3.05, 3.63) is 61.2 Å². The van der Waals surface area contributed by atoms with E-state index in [2.05, 4.69) is 44.5 Å². The van der Waals surface area contributed by atoms with Crippen LogP contribution in [0.5, 0.6) is 0 Å². The van der Waals surface area contributed by atoms with E-state index in [9.17, 15) is 0 Å². The quantitative estimate of drug-likeness (QED) is 0.603. The van der Waals surface area contributed by atoms with E-state index in [4.69, 9.17) is 0 Å². The molecule has 0 amide bonds. The number of nitrogens with one attached hydrogen (secondary N) is 1. The van der Waals surface area contributed by atoms with Gasteiger partial charge in [-0.15, -0.1) is 0 Å². The van der Waals surface area contributed by atoms with Gasteiger partial charge in [0.2, 0.25) is 0 Å². The average molecular weight is 261 g/mol. The van der Waals surface area contributed by atoms with Gasteiger partial charge in [-0.25, -0.2) is 9.50 Å². The standard InChI is InChI=1S/C15H11N5/c1-2-15-16-10-14(20(15)19-7-1)12-5-3-11(4-6-12)13-8-17-18-9-13/h1-10H,(H,17,18). The third kappa shape index (κ3) is 1.68. The normalized spacial score (nSPS) is 11.0. The fourth-order valence-electron chi connectivity index (χ4n) is 2.27. The zero-order valence-corrected chi connectivity index (χ0v) is 10.6. The molecule has 20 heavy (non-hydrogen) atoms. The van der Waals surface area contributed by atoms with Crippen LogP contribution in [0.15, 0.2) is 61.2 Å². The van der Waals surface area contributed by atoms with Crippen molar-refractivity contribution in [3.63, 3.8) is 0 Å². The average Bonchev–Trinajstić information content (AvgIpc) is 3.17. The summed E-state index contributed by atoms with van der Waals surface area (Å²) in [6, 6.07) is 12.1. The van der Waals surface area contributed by atoms with Crippen molar-refractivity contribution in [2.75, 3.05) is 0 Å². The molecule has 3 heterocycles. The van der Waals surface area contributed by atoms with Crippen molar-refractivity contribution in [2.24, 2.45) is 0 Å². The second-order valence-corrected chi connectivity index (χ2v) is 4.50. The predicted octanol–water partition coefficient (Wildman–Crippen LogP) is 2.79. The summed E-state index contributed by atoms with van der Waals surface area (Å²) in [6.45, 7) is 0. The number of benzene rings is 1. The predicted molar refractivity (Wildman–Crippen MR) is 76.0 cm³/mol. The Morgan fingerprint density at radius 2 is 1.75 bits per heavy atom. The molecule has 3 aromatic heterocycles. The lowest BCUT2D eigenvalue weighted by atomic mass is 10.1. The number of aromatic amines is 1. The van der Waals surface area contributed by atoms with Crippen molar-refractivity contribution in [1.82, 2.24) is 24.8 Å². The third-order valence-corrected chi connectivity index (χ3v) is 3.29. The first-order valence-corrected chi connectivity index (χ1v) is 6.30. The molecule has 0 atom stereocenters. The Bertz CT molecular complexity index is 844. The van der Waals surface area contributed by atoms with E-state index < -0.39 is 0 Å². The molecule has 0 unspecified atom stereocenters. The molecule has 4 rings (SSSR count). The van der Waals surface area contributed by atoms with E-state index in [0.717, 1.165) is 28.0 Å². The SMILES string of the molecule is c1cnn2c(-c3ccc(-c4cn[nH]c4)cc3)cnc2c1. The van der Waals surface area contributed by atoms with Crippen LogP contribution in [0, 0.1) is 0 Å². The van der Waals surface area contributed by atoms with Crippen LogP contribution in [0.1, 0.15) is 0 Å². The first kappa shape index (κ1) is 10.9. The number of imidazole rings is 1. The molecule has 5 heteroatoms. The fourth-order valence-corrected chi connectivity index (χ4v) is 2.27. The molecular weight excluding hydrogens is 250 g/mol. The van der Waals surface area contributed by atoms with Crippen LogP contribution < -0.4 is 0 Å².